The first-order valence-corrected chi connectivity index (χ1v) is 5.12. The molecule has 17 heavy (non-hydrogen) atoms. The van der Waals surface area contributed by atoms with Gasteiger partial charge in [0.05, 0.1) is 0 Å². The molecular weight excluding hydrogens is 226 g/mol. The van der Waals surface area contributed by atoms with Crippen LogP contribution >= 0.6 is 0 Å². The summed E-state index contributed by atoms with van der Waals surface area (Å²) < 4.78 is 1.27. The third-order valence-electron chi connectivity index (χ3n) is 2.84. The van der Waals surface area contributed by atoms with E-state index in [1.165, 1.54) is 4.57 Å². The molecule has 7 heteroatoms. The largest absolute Gasteiger partial charge is 0.477 e. The van der Waals surface area contributed by atoms with Gasteiger partial charge in [-0.3, -0.25) is 9.36 Å². The summed E-state index contributed by atoms with van der Waals surface area (Å²) in [4.78, 5) is 26.7. The smallest absolute Gasteiger partial charge is 0.342 e. The Bertz CT molecular complexity index is 561. The van der Waals surface area contributed by atoms with Gasteiger partial charge in [0.15, 0.2) is 5.82 Å². The van der Waals surface area contributed by atoms with Gasteiger partial charge in [-0.05, 0) is 19.8 Å². The molecule has 90 valence electrons. The maximum Gasteiger partial charge on any atom is 0.342 e. The van der Waals surface area contributed by atoms with Crippen LogP contribution in [0.5, 0.6) is 0 Å². The lowest BCUT2D eigenvalue weighted by Gasteiger charge is -2.24. The van der Waals surface area contributed by atoms with E-state index >= 15 is 0 Å². The summed E-state index contributed by atoms with van der Waals surface area (Å²) in [5.41, 5.74) is -0.687. The minimum atomic E-state index is -1.31. The number of hydrogen-bond acceptors (Lipinski definition) is 5. The molecule has 0 spiro atoms. The summed E-state index contributed by atoms with van der Waals surface area (Å²) in [5, 5.41) is 20.7. The van der Waals surface area contributed by atoms with Crippen LogP contribution < -0.4 is 5.56 Å². The predicted octanol–water partition coefficient (Wildman–Crippen LogP) is 0.475. The maximum absolute atomic E-state index is 11.9. The number of fused-ring (bicyclic) bond motifs is 1. The molecule has 0 aromatic carbocycles. The molecule has 1 unspecified atom stereocenters. The van der Waals surface area contributed by atoms with Crippen LogP contribution in [0.4, 0.5) is 0 Å². The monoisotopic (exact) mass is 237 g/mol. The van der Waals surface area contributed by atoms with Crippen LogP contribution in [0.2, 0.25) is 0 Å². The van der Waals surface area contributed by atoms with Crippen LogP contribution in [-0.2, 0) is 0 Å². The molecule has 1 aliphatic heterocycles. The van der Waals surface area contributed by atoms with Gasteiger partial charge in [-0.15, -0.1) is 0 Å². The van der Waals surface area contributed by atoms with E-state index in [0.717, 1.165) is 6.20 Å². The minimum Gasteiger partial charge on any atom is -0.477 e. The Hall–Kier alpha value is -2.18. The van der Waals surface area contributed by atoms with E-state index in [-0.39, 0.29) is 17.4 Å². The molecule has 1 aromatic rings. The fourth-order valence-electron chi connectivity index (χ4n) is 1.92. The number of aromatic nitrogens is 2. The Morgan fingerprint density at radius 1 is 1.65 bits per heavy atom. The lowest BCUT2D eigenvalue weighted by Crippen LogP contribution is -2.37. The molecule has 7 nitrogen and oxygen atoms in total. The Morgan fingerprint density at radius 2 is 2.35 bits per heavy atom. The van der Waals surface area contributed by atoms with Crippen molar-refractivity contribution in [3.05, 3.63) is 27.9 Å². The van der Waals surface area contributed by atoms with E-state index in [4.69, 9.17) is 10.3 Å². The van der Waals surface area contributed by atoms with Crippen LogP contribution in [0.3, 0.4) is 0 Å². The Balaban J connectivity index is 2.73. The Morgan fingerprint density at radius 3 is 2.94 bits per heavy atom. The number of carbonyl (C=O) groups is 1. The lowest BCUT2D eigenvalue weighted by atomic mass is 10.0. The van der Waals surface area contributed by atoms with E-state index in [1.54, 1.807) is 6.92 Å². The van der Waals surface area contributed by atoms with Crippen molar-refractivity contribution in [2.75, 3.05) is 0 Å². The van der Waals surface area contributed by atoms with Crippen molar-refractivity contribution in [1.82, 2.24) is 9.55 Å². The van der Waals surface area contributed by atoms with Crippen molar-refractivity contribution in [3.63, 3.8) is 0 Å². The van der Waals surface area contributed by atoms with Crippen molar-refractivity contribution in [1.29, 1.82) is 0 Å². The van der Waals surface area contributed by atoms with Crippen molar-refractivity contribution in [2.24, 2.45) is 5.16 Å². The summed E-state index contributed by atoms with van der Waals surface area (Å²) in [5.74, 6) is -1.07. The van der Waals surface area contributed by atoms with Gasteiger partial charge in [0.1, 0.15) is 11.3 Å². The van der Waals surface area contributed by atoms with Crippen LogP contribution in [-0.4, -0.2) is 31.5 Å². The molecule has 0 aliphatic carbocycles. The van der Waals surface area contributed by atoms with Crippen LogP contribution in [0.25, 0.3) is 0 Å². The molecule has 0 bridgehead atoms. The zero-order valence-corrected chi connectivity index (χ0v) is 9.12. The molecule has 2 heterocycles. The summed E-state index contributed by atoms with van der Waals surface area (Å²) in [6.07, 6.45) is 2.12. The van der Waals surface area contributed by atoms with Gasteiger partial charge in [-0.25, -0.2) is 9.78 Å². The van der Waals surface area contributed by atoms with Gasteiger partial charge >= 0.3 is 5.97 Å². The molecule has 2 N–H and O–H groups in total. The first kappa shape index (κ1) is 11.3. The van der Waals surface area contributed by atoms with E-state index in [0.29, 0.717) is 18.6 Å². The van der Waals surface area contributed by atoms with Crippen LogP contribution in [0.1, 0.15) is 42.0 Å². The maximum atomic E-state index is 11.9. The molecular formula is C10H11N3O4. The van der Waals surface area contributed by atoms with E-state index in [1.807, 2.05) is 0 Å². The van der Waals surface area contributed by atoms with Crippen molar-refractivity contribution >= 4 is 11.7 Å². The van der Waals surface area contributed by atoms with Gasteiger partial charge in [0.25, 0.3) is 5.56 Å². The molecule has 1 aliphatic rings. The second-order valence-electron chi connectivity index (χ2n) is 3.91. The molecule has 0 fully saturated rings. The number of carboxylic acid groups (broad SMARTS) is 1. The zero-order valence-electron chi connectivity index (χ0n) is 9.12. The molecule has 0 saturated carbocycles. The number of rotatable bonds is 1. The van der Waals surface area contributed by atoms with Crippen molar-refractivity contribution in [3.8, 4) is 0 Å². The third-order valence-corrected chi connectivity index (χ3v) is 2.84. The number of aromatic carboxylic acids is 1. The number of nitrogens with zero attached hydrogens (tertiary/aromatic N) is 3. The van der Waals surface area contributed by atoms with Crippen LogP contribution in [0.15, 0.2) is 16.1 Å². The fraction of sp³-hybridized carbons (Fsp3) is 0.400. The van der Waals surface area contributed by atoms with E-state index in [9.17, 15) is 9.59 Å². The summed E-state index contributed by atoms with van der Waals surface area (Å²) in [6.45, 7) is 1.80. The first-order chi connectivity index (χ1) is 8.06. The quantitative estimate of drug-likeness (QED) is 0.545. The zero-order chi connectivity index (χ0) is 12.6. The average molecular weight is 237 g/mol. The topological polar surface area (TPSA) is 105 Å². The highest BCUT2D eigenvalue weighted by atomic mass is 16.4. The normalized spacial score (nSPS) is 21.2. The number of oxime groups is 1. The van der Waals surface area contributed by atoms with Crippen LogP contribution in [0, 0.1) is 0 Å². The lowest BCUT2D eigenvalue weighted by molar-refractivity contribution is 0.0693. The van der Waals surface area contributed by atoms with Gasteiger partial charge in [0, 0.05) is 12.2 Å². The Kier molecular flexibility index (Phi) is 2.66. The highest BCUT2D eigenvalue weighted by Gasteiger charge is 2.26. The van der Waals surface area contributed by atoms with Gasteiger partial charge in [-0.1, -0.05) is 5.16 Å². The summed E-state index contributed by atoms with van der Waals surface area (Å²) >= 11 is 0. The average Bonchev–Trinajstić information content (AvgIpc) is 2.29. The van der Waals surface area contributed by atoms with Crippen molar-refractivity contribution in [2.45, 2.75) is 25.8 Å². The molecule has 0 radical (unpaired) electrons. The standard InChI is InChI=1S/C10H11N3O4/c1-5-2-3-7(12-17)8-11-4-6(10(15)16)9(14)13(5)8/h4-5,17H,2-3H2,1H3,(H,15,16)/b12-7+. The molecule has 1 aromatic heterocycles. The predicted molar refractivity (Wildman–Crippen MR) is 57.7 cm³/mol. The Labute approximate surface area is 96.0 Å². The summed E-state index contributed by atoms with van der Waals surface area (Å²) in [7, 11) is 0. The fourth-order valence-corrected chi connectivity index (χ4v) is 1.92. The van der Waals surface area contributed by atoms with E-state index < -0.39 is 11.5 Å². The molecule has 1 atom stereocenters. The second kappa shape index (κ2) is 4.00. The van der Waals surface area contributed by atoms with Gasteiger partial charge < -0.3 is 10.3 Å². The van der Waals surface area contributed by atoms with Gasteiger partial charge in [-0.2, -0.15) is 0 Å². The van der Waals surface area contributed by atoms with E-state index in [2.05, 4.69) is 10.1 Å². The first-order valence-electron chi connectivity index (χ1n) is 5.12. The third kappa shape index (κ3) is 1.69. The van der Waals surface area contributed by atoms with Crippen molar-refractivity contribution < 1.29 is 15.1 Å². The second-order valence-corrected chi connectivity index (χ2v) is 3.91. The number of hydrogen-bond donors (Lipinski definition) is 2. The SMILES string of the molecule is CC1CC/C(=N\O)c2ncc(C(=O)O)c(=O)n21. The molecule has 2 rings (SSSR count). The highest BCUT2D eigenvalue weighted by molar-refractivity contribution is 5.98. The summed E-state index contributed by atoms with van der Waals surface area (Å²) in [6, 6.07) is -0.158. The molecule has 0 saturated heterocycles. The minimum absolute atomic E-state index is 0.158. The highest BCUT2D eigenvalue weighted by Crippen LogP contribution is 2.21. The number of carboxylic acids is 1. The van der Waals surface area contributed by atoms with Gasteiger partial charge in [0.2, 0.25) is 0 Å². The molecule has 0 amide bonds.